The van der Waals surface area contributed by atoms with Crippen LogP contribution in [0.25, 0.3) is 10.8 Å². The molecule has 3 rings (SSSR count). The van der Waals surface area contributed by atoms with Gasteiger partial charge in [-0.2, -0.15) is 5.10 Å². The molecule has 26 heavy (non-hydrogen) atoms. The van der Waals surface area contributed by atoms with Gasteiger partial charge in [-0.05, 0) is 24.0 Å². The van der Waals surface area contributed by atoms with Crippen molar-refractivity contribution in [2.45, 2.75) is 26.3 Å². The SMILES string of the molecule is CC(C)C[C@@H](NC(=O)c1nn(C)c(=O)c2ccccc12)c1ccccc1. The van der Waals surface area contributed by atoms with Gasteiger partial charge in [0, 0.05) is 12.4 Å². The Balaban J connectivity index is 1.99. The van der Waals surface area contributed by atoms with Crippen LogP contribution in [0.3, 0.4) is 0 Å². The third-order valence-electron chi connectivity index (χ3n) is 4.39. The number of nitrogens with one attached hydrogen (secondary N) is 1. The van der Waals surface area contributed by atoms with E-state index in [2.05, 4.69) is 24.3 Å². The average Bonchev–Trinajstić information content (AvgIpc) is 2.64. The number of benzene rings is 2. The van der Waals surface area contributed by atoms with Gasteiger partial charge >= 0.3 is 0 Å². The normalized spacial score (nSPS) is 12.3. The number of rotatable bonds is 5. The van der Waals surface area contributed by atoms with E-state index in [1.165, 1.54) is 4.68 Å². The molecule has 1 aromatic heterocycles. The Hall–Kier alpha value is -2.95. The van der Waals surface area contributed by atoms with E-state index in [9.17, 15) is 9.59 Å². The maximum absolute atomic E-state index is 13.0. The molecule has 5 heteroatoms. The maximum Gasteiger partial charge on any atom is 0.274 e. The van der Waals surface area contributed by atoms with Crippen molar-refractivity contribution in [3.05, 3.63) is 76.2 Å². The van der Waals surface area contributed by atoms with Crippen LogP contribution < -0.4 is 10.9 Å². The Labute approximate surface area is 152 Å². The summed E-state index contributed by atoms with van der Waals surface area (Å²) in [7, 11) is 1.56. The molecule has 1 N–H and O–H groups in total. The predicted octanol–water partition coefficient (Wildman–Crippen LogP) is 3.45. The van der Waals surface area contributed by atoms with Crippen molar-refractivity contribution < 1.29 is 4.79 Å². The van der Waals surface area contributed by atoms with E-state index >= 15 is 0 Å². The first-order chi connectivity index (χ1) is 12.5. The number of amides is 1. The van der Waals surface area contributed by atoms with E-state index in [1.54, 1.807) is 25.2 Å². The van der Waals surface area contributed by atoms with Gasteiger partial charge < -0.3 is 5.32 Å². The zero-order valence-electron chi connectivity index (χ0n) is 15.3. The van der Waals surface area contributed by atoms with E-state index < -0.39 is 0 Å². The van der Waals surface area contributed by atoms with Crippen LogP contribution in [-0.4, -0.2) is 15.7 Å². The fourth-order valence-electron chi connectivity index (χ4n) is 3.13. The molecule has 3 aromatic rings. The summed E-state index contributed by atoms with van der Waals surface area (Å²) in [5, 5.41) is 8.39. The number of hydrogen-bond acceptors (Lipinski definition) is 3. The molecule has 0 aliphatic rings. The third kappa shape index (κ3) is 3.67. The van der Waals surface area contributed by atoms with Gasteiger partial charge in [0.25, 0.3) is 11.5 Å². The topological polar surface area (TPSA) is 64.0 Å². The van der Waals surface area contributed by atoms with E-state index in [0.717, 1.165) is 12.0 Å². The van der Waals surface area contributed by atoms with Gasteiger partial charge in [-0.15, -0.1) is 0 Å². The third-order valence-corrected chi connectivity index (χ3v) is 4.39. The first-order valence-corrected chi connectivity index (χ1v) is 8.79. The van der Waals surface area contributed by atoms with Crippen molar-refractivity contribution in [1.29, 1.82) is 0 Å². The largest absolute Gasteiger partial charge is 0.344 e. The minimum Gasteiger partial charge on any atom is -0.344 e. The monoisotopic (exact) mass is 349 g/mol. The van der Waals surface area contributed by atoms with Gasteiger partial charge in [0.15, 0.2) is 5.69 Å². The Morgan fingerprint density at radius 2 is 1.65 bits per heavy atom. The molecule has 1 amide bonds. The average molecular weight is 349 g/mol. The van der Waals surface area contributed by atoms with E-state index in [4.69, 9.17) is 0 Å². The van der Waals surface area contributed by atoms with E-state index in [0.29, 0.717) is 16.7 Å². The smallest absolute Gasteiger partial charge is 0.274 e. The van der Waals surface area contributed by atoms with Crippen molar-refractivity contribution in [2.75, 3.05) is 0 Å². The van der Waals surface area contributed by atoms with Gasteiger partial charge in [-0.3, -0.25) is 9.59 Å². The fourth-order valence-corrected chi connectivity index (χ4v) is 3.13. The van der Waals surface area contributed by atoms with Crippen molar-refractivity contribution in [1.82, 2.24) is 15.1 Å². The minimum atomic E-state index is -0.272. The lowest BCUT2D eigenvalue weighted by atomic mass is 9.96. The molecule has 1 heterocycles. The van der Waals surface area contributed by atoms with Crippen LogP contribution in [0.1, 0.15) is 42.4 Å². The molecule has 0 fully saturated rings. The van der Waals surface area contributed by atoms with E-state index in [1.807, 2.05) is 36.4 Å². The van der Waals surface area contributed by atoms with Crippen LogP contribution in [0.15, 0.2) is 59.4 Å². The summed E-state index contributed by atoms with van der Waals surface area (Å²) in [5.74, 6) is 0.150. The van der Waals surface area contributed by atoms with Crippen LogP contribution in [-0.2, 0) is 7.05 Å². The van der Waals surface area contributed by atoms with Gasteiger partial charge in [-0.25, -0.2) is 4.68 Å². The number of carbonyl (C=O) groups is 1. The second-order valence-corrected chi connectivity index (χ2v) is 6.89. The first-order valence-electron chi connectivity index (χ1n) is 8.79. The number of fused-ring (bicyclic) bond motifs is 1. The number of carbonyl (C=O) groups excluding carboxylic acids is 1. The molecule has 0 saturated heterocycles. The summed E-state index contributed by atoms with van der Waals surface area (Å²) in [6.07, 6.45) is 0.819. The number of aryl methyl sites for hydroxylation is 1. The molecule has 0 unspecified atom stereocenters. The van der Waals surface area contributed by atoms with Crippen LogP contribution >= 0.6 is 0 Å². The predicted molar refractivity (Wildman–Crippen MR) is 103 cm³/mol. The molecule has 0 bridgehead atoms. The molecular weight excluding hydrogens is 326 g/mol. The molecular formula is C21H23N3O2. The number of nitrogens with zero attached hydrogens (tertiary/aromatic N) is 2. The molecule has 1 atom stereocenters. The lowest BCUT2D eigenvalue weighted by molar-refractivity contribution is 0.0926. The second-order valence-electron chi connectivity index (χ2n) is 6.89. The quantitative estimate of drug-likeness (QED) is 0.767. The highest BCUT2D eigenvalue weighted by molar-refractivity contribution is 6.04. The molecule has 0 spiro atoms. The Morgan fingerprint density at radius 3 is 2.31 bits per heavy atom. The van der Waals surface area contributed by atoms with Gasteiger partial charge in [-0.1, -0.05) is 62.4 Å². The highest BCUT2D eigenvalue weighted by atomic mass is 16.2. The zero-order valence-corrected chi connectivity index (χ0v) is 15.3. The minimum absolute atomic E-state index is 0.110. The first kappa shape index (κ1) is 17.9. The lowest BCUT2D eigenvalue weighted by Gasteiger charge is -2.21. The highest BCUT2D eigenvalue weighted by Gasteiger charge is 2.21. The van der Waals surface area contributed by atoms with Crippen LogP contribution in [0.2, 0.25) is 0 Å². The molecule has 0 radical (unpaired) electrons. The fraction of sp³-hybridized carbons (Fsp3) is 0.286. The van der Waals surface area contributed by atoms with Crippen LogP contribution in [0, 0.1) is 5.92 Å². The Morgan fingerprint density at radius 1 is 1.04 bits per heavy atom. The number of aromatic nitrogens is 2. The van der Waals surface area contributed by atoms with Gasteiger partial charge in [0.2, 0.25) is 0 Å². The zero-order chi connectivity index (χ0) is 18.7. The molecule has 0 saturated carbocycles. The Bertz CT molecular complexity index is 977. The van der Waals surface area contributed by atoms with Crippen molar-refractivity contribution >= 4 is 16.7 Å². The summed E-state index contributed by atoms with van der Waals surface area (Å²) in [5.41, 5.74) is 1.12. The van der Waals surface area contributed by atoms with Gasteiger partial charge in [0.1, 0.15) is 0 Å². The summed E-state index contributed by atoms with van der Waals surface area (Å²) in [6.45, 7) is 4.25. The highest BCUT2D eigenvalue weighted by Crippen LogP contribution is 2.22. The molecule has 0 aliphatic heterocycles. The summed E-state index contributed by atoms with van der Waals surface area (Å²) in [6, 6.07) is 16.9. The van der Waals surface area contributed by atoms with Crippen molar-refractivity contribution in [3.8, 4) is 0 Å². The lowest BCUT2D eigenvalue weighted by Crippen LogP contribution is -2.32. The maximum atomic E-state index is 13.0. The van der Waals surface area contributed by atoms with Crippen LogP contribution in [0.5, 0.6) is 0 Å². The van der Waals surface area contributed by atoms with Crippen molar-refractivity contribution in [3.63, 3.8) is 0 Å². The summed E-state index contributed by atoms with van der Waals surface area (Å²) >= 11 is 0. The summed E-state index contributed by atoms with van der Waals surface area (Å²) in [4.78, 5) is 25.3. The standard InChI is InChI=1S/C21H23N3O2/c1-14(2)13-18(15-9-5-4-6-10-15)22-20(25)19-16-11-7-8-12-17(16)21(26)24(3)23-19/h4-12,14,18H,13H2,1-3H3,(H,22,25)/t18-/m1/s1. The van der Waals surface area contributed by atoms with Crippen LogP contribution in [0.4, 0.5) is 0 Å². The number of hydrogen-bond donors (Lipinski definition) is 1. The molecule has 2 aromatic carbocycles. The second kappa shape index (κ2) is 7.52. The van der Waals surface area contributed by atoms with E-state index in [-0.39, 0.29) is 23.2 Å². The molecule has 5 nitrogen and oxygen atoms in total. The van der Waals surface area contributed by atoms with Crippen molar-refractivity contribution in [2.24, 2.45) is 13.0 Å². The summed E-state index contributed by atoms with van der Waals surface area (Å²) < 4.78 is 1.22. The molecule has 134 valence electrons. The Kier molecular flexibility index (Phi) is 5.16. The molecule has 0 aliphatic carbocycles. The van der Waals surface area contributed by atoms with Gasteiger partial charge in [0.05, 0.1) is 11.4 Å².